The topological polar surface area (TPSA) is 76.3 Å². The number of rotatable bonds is 5. The molecular formula is C18H18FN3O3S2. The minimum Gasteiger partial charge on any atom is -0.420 e. The summed E-state index contributed by atoms with van der Waals surface area (Å²) in [5, 5.41) is 12.1. The molecule has 27 heavy (non-hydrogen) atoms. The summed E-state index contributed by atoms with van der Waals surface area (Å²) in [5.74, 6) is 0.616. The molecule has 0 amide bonds. The van der Waals surface area contributed by atoms with Crippen molar-refractivity contribution in [2.75, 3.05) is 13.1 Å². The molecule has 0 unspecified atom stereocenters. The number of thiophene rings is 1. The molecule has 2 aromatic heterocycles. The van der Waals surface area contributed by atoms with E-state index < -0.39 is 10.0 Å². The van der Waals surface area contributed by atoms with Gasteiger partial charge in [-0.05, 0) is 42.0 Å². The predicted molar refractivity (Wildman–Crippen MR) is 100 cm³/mol. The first kappa shape index (κ1) is 18.3. The zero-order chi connectivity index (χ0) is 18.9. The van der Waals surface area contributed by atoms with Gasteiger partial charge < -0.3 is 4.42 Å². The van der Waals surface area contributed by atoms with Gasteiger partial charge in [-0.2, -0.15) is 11.3 Å². The molecule has 0 saturated carbocycles. The van der Waals surface area contributed by atoms with Crippen LogP contribution in [0.4, 0.5) is 4.39 Å². The van der Waals surface area contributed by atoms with E-state index in [1.165, 1.54) is 28.6 Å². The highest BCUT2D eigenvalue weighted by Gasteiger charge is 2.31. The van der Waals surface area contributed by atoms with E-state index in [-0.39, 0.29) is 17.5 Å². The predicted octanol–water partition coefficient (Wildman–Crippen LogP) is 3.65. The Morgan fingerprint density at radius 2 is 1.89 bits per heavy atom. The third-order valence-corrected chi connectivity index (χ3v) is 7.20. The number of nitrogens with zero attached hydrogens (tertiary/aromatic N) is 3. The van der Waals surface area contributed by atoms with Gasteiger partial charge in [0, 0.05) is 30.0 Å². The Balaban J connectivity index is 1.39. The molecule has 4 rings (SSSR count). The maximum Gasteiger partial charge on any atom is 0.248 e. The van der Waals surface area contributed by atoms with E-state index in [1.54, 1.807) is 11.3 Å². The van der Waals surface area contributed by atoms with Crippen molar-refractivity contribution in [3.8, 4) is 11.5 Å². The summed E-state index contributed by atoms with van der Waals surface area (Å²) in [6.45, 7) is 0.814. The van der Waals surface area contributed by atoms with Crippen molar-refractivity contribution in [1.29, 1.82) is 0 Å². The van der Waals surface area contributed by atoms with E-state index in [2.05, 4.69) is 10.2 Å². The van der Waals surface area contributed by atoms with Gasteiger partial charge >= 0.3 is 0 Å². The third kappa shape index (κ3) is 4.10. The molecule has 1 aliphatic heterocycles. The minimum atomic E-state index is -3.44. The van der Waals surface area contributed by atoms with Crippen molar-refractivity contribution in [2.45, 2.75) is 24.5 Å². The number of benzene rings is 1. The van der Waals surface area contributed by atoms with Crippen LogP contribution in [-0.2, 0) is 15.8 Å². The largest absolute Gasteiger partial charge is 0.420 e. The van der Waals surface area contributed by atoms with E-state index >= 15 is 0 Å². The second-order valence-corrected chi connectivity index (χ2v) is 9.26. The molecule has 0 N–H and O–H groups in total. The number of halogens is 1. The molecule has 1 aromatic carbocycles. The molecule has 1 saturated heterocycles. The summed E-state index contributed by atoms with van der Waals surface area (Å²) >= 11 is 1.56. The summed E-state index contributed by atoms with van der Waals surface area (Å²) < 4.78 is 45.5. The number of hydrogen-bond acceptors (Lipinski definition) is 6. The van der Waals surface area contributed by atoms with Crippen LogP contribution in [0.2, 0.25) is 0 Å². The lowest BCUT2D eigenvalue weighted by molar-refractivity contribution is 0.291. The normalized spacial score (nSPS) is 16.6. The van der Waals surface area contributed by atoms with Crippen molar-refractivity contribution < 1.29 is 17.2 Å². The fourth-order valence-corrected chi connectivity index (χ4v) is 5.36. The first-order chi connectivity index (χ1) is 13.0. The SMILES string of the molecule is O=S(=O)(Cc1ccc(F)cc1)N1CCC(c2nnc(-c3ccsc3)o2)CC1. The maximum absolute atomic E-state index is 13.0. The van der Waals surface area contributed by atoms with Crippen LogP contribution < -0.4 is 0 Å². The first-order valence-corrected chi connectivity index (χ1v) is 11.1. The van der Waals surface area contributed by atoms with Gasteiger partial charge in [-0.1, -0.05) is 12.1 Å². The average Bonchev–Trinajstić information content (AvgIpc) is 3.35. The van der Waals surface area contributed by atoms with Gasteiger partial charge in [0.05, 0.1) is 5.75 Å². The third-order valence-electron chi connectivity index (χ3n) is 4.67. The molecule has 1 fully saturated rings. The van der Waals surface area contributed by atoms with Crippen molar-refractivity contribution in [2.24, 2.45) is 0 Å². The number of sulfonamides is 1. The summed E-state index contributed by atoms with van der Waals surface area (Å²) in [5.41, 5.74) is 1.48. The molecule has 1 aliphatic rings. The maximum atomic E-state index is 13.0. The zero-order valence-electron chi connectivity index (χ0n) is 14.4. The zero-order valence-corrected chi connectivity index (χ0v) is 16.0. The van der Waals surface area contributed by atoms with Gasteiger partial charge in [0.25, 0.3) is 0 Å². The van der Waals surface area contributed by atoms with Crippen molar-refractivity contribution in [1.82, 2.24) is 14.5 Å². The highest BCUT2D eigenvalue weighted by Crippen LogP contribution is 2.31. The molecule has 3 heterocycles. The van der Waals surface area contributed by atoms with Crippen LogP contribution in [0, 0.1) is 5.82 Å². The second kappa shape index (κ2) is 7.49. The fraction of sp³-hybridized carbons (Fsp3) is 0.333. The molecule has 6 nitrogen and oxygen atoms in total. The molecular weight excluding hydrogens is 389 g/mol. The van der Waals surface area contributed by atoms with Crippen LogP contribution in [0.5, 0.6) is 0 Å². The smallest absolute Gasteiger partial charge is 0.248 e. The molecule has 9 heteroatoms. The lowest BCUT2D eigenvalue weighted by Crippen LogP contribution is -2.38. The molecule has 3 aromatic rings. The second-order valence-electron chi connectivity index (χ2n) is 6.51. The molecule has 0 aliphatic carbocycles. The van der Waals surface area contributed by atoms with Gasteiger partial charge in [0.2, 0.25) is 21.8 Å². The van der Waals surface area contributed by atoms with Crippen molar-refractivity contribution >= 4 is 21.4 Å². The minimum absolute atomic E-state index is 0.0576. The van der Waals surface area contributed by atoms with Crippen LogP contribution in [0.3, 0.4) is 0 Å². The Morgan fingerprint density at radius 1 is 1.15 bits per heavy atom. The van der Waals surface area contributed by atoms with E-state index in [0.717, 1.165) is 5.56 Å². The Bertz CT molecular complexity index is 993. The van der Waals surface area contributed by atoms with Gasteiger partial charge in [-0.3, -0.25) is 0 Å². The van der Waals surface area contributed by atoms with Crippen LogP contribution in [-0.4, -0.2) is 36.0 Å². The Hall–Kier alpha value is -2.10. The summed E-state index contributed by atoms with van der Waals surface area (Å²) in [7, 11) is -3.44. The van der Waals surface area contributed by atoms with Crippen LogP contribution in [0.1, 0.15) is 30.2 Å². The number of hydrogen-bond donors (Lipinski definition) is 0. The van der Waals surface area contributed by atoms with Gasteiger partial charge in [0.15, 0.2) is 0 Å². The Morgan fingerprint density at radius 3 is 2.56 bits per heavy atom. The standard InChI is InChI=1S/C18H18FN3O3S2/c19-16-3-1-13(2-4-16)12-27(23,24)22-8-5-14(6-9-22)17-20-21-18(25-17)15-7-10-26-11-15/h1-4,7,10-11,14H,5-6,8-9,12H2. The summed E-state index contributed by atoms with van der Waals surface area (Å²) in [6, 6.07) is 7.48. The fourth-order valence-electron chi connectivity index (χ4n) is 3.17. The quantitative estimate of drug-likeness (QED) is 0.645. The molecule has 0 bridgehead atoms. The lowest BCUT2D eigenvalue weighted by Gasteiger charge is -2.29. The Labute approximate surface area is 160 Å². The van der Waals surface area contributed by atoms with Crippen LogP contribution in [0.15, 0.2) is 45.5 Å². The summed E-state index contributed by atoms with van der Waals surface area (Å²) in [6.07, 6.45) is 1.27. The van der Waals surface area contributed by atoms with E-state index in [9.17, 15) is 12.8 Å². The average molecular weight is 407 g/mol. The Kier molecular flexibility index (Phi) is 5.07. The van der Waals surface area contributed by atoms with E-state index in [0.29, 0.717) is 43.3 Å². The van der Waals surface area contributed by atoms with Gasteiger partial charge in [0.1, 0.15) is 5.82 Å². The highest BCUT2D eigenvalue weighted by atomic mass is 32.2. The summed E-state index contributed by atoms with van der Waals surface area (Å²) in [4.78, 5) is 0. The number of piperidine rings is 1. The van der Waals surface area contributed by atoms with Crippen molar-refractivity contribution in [3.05, 3.63) is 58.4 Å². The van der Waals surface area contributed by atoms with Gasteiger partial charge in [-0.15, -0.1) is 10.2 Å². The first-order valence-electron chi connectivity index (χ1n) is 8.59. The molecule has 0 spiro atoms. The number of aromatic nitrogens is 2. The molecule has 0 radical (unpaired) electrons. The van der Waals surface area contributed by atoms with Crippen LogP contribution in [0.25, 0.3) is 11.5 Å². The van der Waals surface area contributed by atoms with E-state index in [1.807, 2.05) is 16.8 Å². The van der Waals surface area contributed by atoms with E-state index in [4.69, 9.17) is 4.42 Å². The highest BCUT2D eigenvalue weighted by molar-refractivity contribution is 7.88. The van der Waals surface area contributed by atoms with Gasteiger partial charge in [-0.25, -0.2) is 17.1 Å². The van der Waals surface area contributed by atoms with Crippen molar-refractivity contribution in [3.63, 3.8) is 0 Å². The lowest BCUT2D eigenvalue weighted by atomic mass is 9.98. The monoisotopic (exact) mass is 407 g/mol. The molecule has 0 atom stereocenters. The van der Waals surface area contributed by atoms with Crippen LogP contribution >= 0.6 is 11.3 Å². The molecule has 142 valence electrons.